The number of hydrogen-bond donors (Lipinski definition) is 3. The topological polar surface area (TPSA) is 116 Å². The standard InChI is InChI=1S/C10H19N2O4/c1-9(2,16-7-13)6-10(12,8(14)15)4-3-5-11/h3-6,11-12H2,1-2H3,(H,14,15)/t10-/m0/s1. The van der Waals surface area contributed by atoms with Crippen LogP contribution in [0.2, 0.25) is 0 Å². The molecule has 6 nitrogen and oxygen atoms in total. The summed E-state index contributed by atoms with van der Waals surface area (Å²) in [5.74, 6) is -1.12. The van der Waals surface area contributed by atoms with Gasteiger partial charge in [-0.15, -0.1) is 0 Å². The third kappa shape index (κ3) is 4.59. The van der Waals surface area contributed by atoms with E-state index in [2.05, 4.69) is 4.74 Å². The van der Waals surface area contributed by atoms with Crippen molar-refractivity contribution in [2.75, 3.05) is 6.54 Å². The Morgan fingerprint density at radius 2 is 2.06 bits per heavy atom. The van der Waals surface area contributed by atoms with Gasteiger partial charge in [0.1, 0.15) is 11.1 Å². The van der Waals surface area contributed by atoms with Crippen molar-refractivity contribution in [2.24, 2.45) is 11.5 Å². The third-order valence-electron chi connectivity index (χ3n) is 2.31. The first-order valence-corrected chi connectivity index (χ1v) is 5.05. The maximum absolute atomic E-state index is 11.1. The minimum atomic E-state index is -1.43. The molecule has 0 aromatic carbocycles. The van der Waals surface area contributed by atoms with Gasteiger partial charge in [0.2, 0.25) is 0 Å². The van der Waals surface area contributed by atoms with Crippen molar-refractivity contribution in [1.82, 2.24) is 0 Å². The summed E-state index contributed by atoms with van der Waals surface area (Å²) in [6, 6.07) is 0. The van der Waals surface area contributed by atoms with Gasteiger partial charge in [-0.25, -0.2) is 4.79 Å². The summed E-state index contributed by atoms with van der Waals surface area (Å²) in [6.45, 7) is 4.85. The number of carboxylic acids is 1. The molecule has 1 atom stereocenters. The van der Waals surface area contributed by atoms with Crippen LogP contribution in [-0.2, 0) is 14.3 Å². The number of carboxylic acid groups (broad SMARTS) is 1. The highest BCUT2D eigenvalue weighted by molar-refractivity contribution is 5.78. The molecule has 93 valence electrons. The largest absolute Gasteiger partial charge is 0.480 e. The highest BCUT2D eigenvalue weighted by atomic mass is 16.5. The van der Waals surface area contributed by atoms with Crippen LogP contribution in [-0.4, -0.2) is 35.2 Å². The molecule has 0 aliphatic rings. The Balaban J connectivity index is 4.66. The van der Waals surface area contributed by atoms with Crippen LogP contribution in [0.1, 0.15) is 33.1 Å². The Bertz CT molecular complexity index is 255. The first kappa shape index (κ1) is 14.9. The average Bonchev–Trinajstić information content (AvgIpc) is 2.13. The molecule has 16 heavy (non-hydrogen) atoms. The number of carbonyl (C=O) groups excluding carboxylic acids is 1. The van der Waals surface area contributed by atoms with Crippen LogP contribution in [0.3, 0.4) is 0 Å². The predicted molar refractivity (Wildman–Crippen MR) is 58.3 cm³/mol. The molecule has 0 amide bonds. The first-order valence-electron chi connectivity index (χ1n) is 5.05. The summed E-state index contributed by atoms with van der Waals surface area (Å²) in [6.07, 6.45) is 0.763. The zero-order chi connectivity index (χ0) is 12.8. The Kier molecular flexibility index (Phi) is 5.40. The summed E-state index contributed by atoms with van der Waals surface area (Å²) < 4.78 is 4.68. The molecule has 0 aliphatic heterocycles. The van der Waals surface area contributed by atoms with Gasteiger partial charge in [0.15, 0.2) is 0 Å². The Hall–Kier alpha value is -1.14. The lowest BCUT2D eigenvalue weighted by atomic mass is 9.83. The molecule has 0 aliphatic carbocycles. The molecule has 6 heteroatoms. The SMILES string of the molecule is CC(C)(C[C@@](N)(CCCN)C(=O)O)O[C]=O. The van der Waals surface area contributed by atoms with Crippen molar-refractivity contribution in [3.8, 4) is 0 Å². The van der Waals surface area contributed by atoms with E-state index in [9.17, 15) is 9.59 Å². The molecule has 0 unspecified atom stereocenters. The second-order valence-corrected chi connectivity index (χ2v) is 4.48. The van der Waals surface area contributed by atoms with Crippen molar-refractivity contribution in [1.29, 1.82) is 0 Å². The molecule has 0 bridgehead atoms. The van der Waals surface area contributed by atoms with Gasteiger partial charge in [-0.3, -0.25) is 4.79 Å². The van der Waals surface area contributed by atoms with Crippen LogP contribution >= 0.6 is 0 Å². The molecular weight excluding hydrogens is 212 g/mol. The van der Waals surface area contributed by atoms with E-state index in [1.54, 1.807) is 13.8 Å². The van der Waals surface area contributed by atoms with Crippen molar-refractivity contribution in [2.45, 2.75) is 44.2 Å². The van der Waals surface area contributed by atoms with E-state index in [-0.39, 0.29) is 12.8 Å². The lowest BCUT2D eigenvalue weighted by Crippen LogP contribution is -2.53. The summed E-state index contributed by atoms with van der Waals surface area (Å²) in [5.41, 5.74) is 8.71. The number of ether oxygens (including phenoxy) is 1. The zero-order valence-electron chi connectivity index (χ0n) is 9.66. The van der Waals surface area contributed by atoms with E-state index in [0.717, 1.165) is 0 Å². The van der Waals surface area contributed by atoms with E-state index in [4.69, 9.17) is 16.6 Å². The van der Waals surface area contributed by atoms with Gasteiger partial charge in [-0.05, 0) is 33.2 Å². The minimum absolute atomic E-state index is 0.0184. The molecule has 0 rings (SSSR count). The number of rotatable bonds is 8. The molecule has 0 fully saturated rings. The normalized spacial score (nSPS) is 15.2. The molecule has 0 saturated carbocycles. The Labute approximate surface area is 94.9 Å². The molecule has 0 aromatic heterocycles. The van der Waals surface area contributed by atoms with Gasteiger partial charge >= 0.3 is 12.4 Å². The molecule has 0 aromatic rings. The second kappa shape index (κ2) is 5.81. The highest BCUT2D eigenvalue weighted by Crippen LogP contribution is 2.25. The van der Waals surface area contributed by atoms with Crippen molar-refractivity contribution in [3.05, 3.63) is 0 Å². The van der Waals surface area contributed by atoms with Gasteiger partial charge in [0.05, 0.1) is 0 Å². The van der Waals surface area contributed by atoms with Gasteiger partial charge in [0, 0.05) is 6.42 Å². The third-order valence-corrected chi connectivity index (χ3v) is 2.31. The van der Waals surface area contributed by atoms with E-state index in [1.165, 1.54) is 6.47 Å². The fourth-order valence-corrected chi connectivity index (χ4v) is 1.60. The quantitative estimate of drug-likeness (QED) is 0.531. The van der Waals surface area contributed by atoms with Crippen LogP contribution < -0.4 is 11.5 Å². The summed E-state index contributed by atoms with van der Waals surface area (Å²) >= 11 is 0. The van der Waals surface area contributed by atoms with Crippen LogP contribution in [0, 0.1) is 0 Å². The maximum Gasteiger partial charge on any atom is 0.418 e. The average molecular weight is 231 g/mol. The molecule has 0 heterocycles. The zero-order valence-corrected chi connectivity index (χ0v) is 9.66. The van der Waals surface area contributed by atoms with Crippen molar-refractivity contribution < 1.29 is 19.4 Å². The van der Waals surface area contributed by atoms with Crippen molar-refractivity contribution >= 4 is 12.4 Å². The van der Waals surface area contributed by atoms with Gasteiger partial charge in [0.25, 0.3) is 0 Å². The summed E-state index contributed by atoms with van der Waals surface area (Å²) in [5, 5.41) is 9.07. The fourth-order valence-electron chi connectivity index (χ4n) is 1.60. The second-order valence-electron chi connectivity index (χ2n) is 4.48. The van der Waals surface area contributed by atoms with E-state index < -0.39 is 17.1 Å². The lowest BCUT2D eigenvalue weighted by Gasteiger charge is -2.32. The fraction of sp³-hybridized carbons (Fsp3) is 0.800. The van der Waals surface area contributed by atoms with Gasteiger partial charge in [-0.2, -0.15) is 0 Å². The van der Waals surface area contributed by atoms with Gasteiger partial charge < -0.3 is 21.3 Å². The Morgan fingerprint density at radius 3 is 2.44 bits per heavy atom. The van der Waals surface area contributed by atoms with Crippen molar-refractivity contribution in [3.63, 3.8) is 0 Å². The number of aliphatic carboxylic acids is 1. The number of carbonyl (C=O) groups is 1. The van der Waals surface area contributed by atoms with E-state index >= 15 is 0 Å². The van der Waals surface area contributed by atoms with Crippen LogP contribution in [0.4, 0.5) is 0 Å². The molecule has 5 N–H and O–H groups in total. The molecule has 0 saturated heterocycles. The summed E-state index contributed by atoms with van der Waals surface area (Å²) in [4.78, 5) is 21.2. The predicted octanol–water partition coefficient (Wildman–Crippen LogP) is -0.240. The Morgan fingerprint density at radius 1 is 1.50 bits per heavy atom. The first-order chi connectivity index (χ1) is 7.27. The highest BCUT2D eigenvalue weighted by Gasteiger charge is 2.40. The smallest absolute Gasteiger partial charge is 0.418 e. The van der Waals surface area contributed by atoms with Gasteiger partial charge in [-0.1, -0.05) is 0 Å². The minimum Gasteiger partial charge on any atom is -0.480 e. The maximum atomic E-state index is 11.1. The lowest BCUT2D eigenvalue weighted by molar-refractivity contribution is -0.146. The summed E-state index contributed by atoms with van der Waals surface area (Å²) in [7, 11) is 0. The van der Waals surface area contributed by atoms with E-state index in [0.29, 0.717) is 13.0 Å². The van der Waals surface area contributed by atoms with Crippen LogP contribution in [0.5, 0.6) is 0 Å². The number of hydrogen-bond acceptors (Lipinski definition) is 5. The van der Waals surface area contributed by atoms with Crippen LogP contribution in [0.15, 0.2) is 0 Å². The molecule has 1 radical (unpaired) electrons. The monoisotopic (exact) mass is 231 g/mol. The van der Waals surface area contributed by atoms with E-state index in [1.807, 2.05) is 0 Å². The molecule has 0 spiro atoms. The van der Waals surface area contributed by atoms with Crippen LogP contribution in [0.25, 0.3) is 0 Å². The molecular formula is C10H19N2O4. The number of nitrogens with two attached hydrogens (primary N) is 2.